The molecule has 0 amide bonds. The average molecular weight is 304 g/mol. The van der Waals surface area contributed by atoms with E-state index in [2.05, 4.69) is 30.3 Å². The molecule has 2 rings (SSSR count). The number of nitrogens with zero attached hydrogens (tertiary/aromatic N) is 2. The van der Waals surface area contributed by atoms with Gasteiger partial charge in [-0.25, -0.2) is 4.98 Å². The second-order valence-electron chi connectivity index (χ2n) is 5.98. The molecule has 0 atom stereocenters. The lowest BCUT2D eigenvalue weighted by Gasteiger charge is -2.22. The predicted octanol–water partition coefficient (Wildman–Crippen LogP) is 3.65. The summed E-state index contributed by atoms with van der Waals surface area (Å²) in [5.74, 6) is -0.830. The van der Waals surface area contributed by atoms with E-state index in [1.807, 2.05) is 37.4 Å². The second-order valence-corrected chi connectivity index (χ2v) is 6.92. The number of carbonyl (C=O) groups is 1. The minimum absolute atomic E-state index is 0.00643. The van der Waals surface area contributed by atoms with E-state index in [4.69, 9.17) is 5.11 Å². The Morgan fingerprint density at radius 3 is 2.57 bits per heavy atom. The van der Waals surface area contributed by atoms with Crippen molar-refractivity contribution in [2.45, 2.75) is 38.3 Å². The average Bonchev–Trinajstić information content (AvgIpc) is 2.80. The van der Waals surface area contributed by atoms with Crippen LogP contribution in [0.25, 0.3) is 5.69 Å². The highest BCUT2D eigenvalue weighted by atomic mass is 32.2. The highest BCUT2D eigenvalue weighted by Gasteiger charge is 2.23. The molecule has 0 saturated heterocycles. The Labute approximate surface area is 129 Å². The lowest BCUT2D eigenvalue weighted by Crippen LogP contribution is -2.17. The largest absolute Gasteiger partial charge is 0.481 e. The highest BCUT2D eigenvalue weighted by molar-refractivity contribution is 7.99. The molecule has 0 aliphatic rings. The Morgan fingerprint density at radius 1 is 1.33 bits per heavy atom. The topological polar surface area (TPSA) is 55.1 Å². The van der Waals surface area contributed by atoms with Crippen LogP contribution in [0.3, 0.4) is 0 Å². The zero-order chi connectivity index (χ0) is 15.6. The number of aryl methyl sites for hydroxylation is 1. The Bertz CT molecular complexity index is 657. The molecular formula is C16H20N2O2S. The molecule has 21 heavy (non-hydrogen) atoms. The molecule has 2 aromatic rings. The number of thioether (sulfide) groups is 1. The zero-order valence-electron chi connectivity index (χ0n) is 12.8. The number of para-hydroxylation sites is 1. The van der Waals surface area contributed by atoms with E-state index >= 15 is 0 Å². The van der Waals surface area contributed by atoms with Gasteiger partial charge in [0.15, 0.2) is 5.16 Å². The smallest absolute Gasteiger partial charge is 0.313 e. The van der Waals surface area contributed by atoms with Crippen molar-refractivity contribution >= 4 is 17.7 Å². The van der Waals surface area contributed by atoms with E-state index in [9.17, 15) is 4.79 Å². The van der Waals surface area contributed by atoms with Crippen LogP contribution < -0.4 is 0 Å². The van der Waals surface area contributed by atoms with Gasteiger partial charge in [-0.3, -0.25) is 9.36 Å². The van der Waals surface area contributed by atoms with Crippen molar-refractivity contribution in [2.24, 2.45) is 0 Å². The quantitative estimate of drug-likeness (QED) is 0.876. The number of benzene rings is 1. The van der Waals surface area contributed by atoms with Crippen LogP contribution in [0.2, 0.25) is 0 Å². The van der Waals surface area contributed by atoms with Gasteiger partial charge in [0.1, 0.15) is 0 Å². The van der Waals surface area contributed by atoms with Crippen molar-refractivity contribution in [3.05, 3.63) is 41.7 Å². The molecule has 1 aromatic carbocycles. The second kappa shape index (κ2) is 5.93. The van der Waals surface area contributed by atoms with E-state index in [1.165, 1.54) is 11.8 Å². The lowest BCUT2D eigenvalue weighted by molar-refractivity contribution is -0.133. The molecule has 0 fully saturated rings. The van der Waals surface area contributed by atoms with E-state index < -0.39 is 5.97 Å². The number of aromatic nitrogens is 2. The molecule has 4 nitrogen and oxygen atoms in total. The van der Waals surface area contributed by atoms with Gasteiger partial charge < -0.3 is 5.11 Å². The first-order valence-corrected chi connectivity index (χ1v) is 7.78. The normalized spacial score (nSPS) is 11.6. The van der Waals surface area contributed by atoms with Gasteiger partial charge in [-0.2, -0.15) is 0 Å². The molecule has 0 saturated carbocycles. The van der Waals surface area contributed by atoms with Crippen LogP contribution in [0.5, 0.6) is 0 Å². The monoisotopic (exact) mass is 304 g/mol. The van der Waals surface area contributed by atoms with Crippen LogP contribution in [0, 0.1) is 6.92 Å². The van der Waals surface area contributed by atoms with Gasteiger partial charge in [0.25, 0.3) is 0 Å². The molecule has 5 heteroatoms. The standard InChI is InChI=1S/C16H20N2O2S/c1-11-7-5-6-8-12(11)18-13(16(2,3)4)9-17-15(18)21-10-14(19)20/h5-9H,10H2,1-4H3,(H,19,20). The SMILES string of the molecule is Cc1ccccc1-n1c(C(C)(C)C)cnc1SCC(=O)O. The van der Waals surface area contributed by atoms with E-state index in [0.29, 0.717) is 0 Å². The van der Waals surface area contributed by atoms with Gasteiger partial charge in [-0.1, -0.05) is 50.7 Å². The minimum atomic E-state index is -0.836. The first-order valence-electron chi connectivity index (χ1n) is 6.79. The summed E-state index contributed by atoms with van der Waals surface area (Å²) < 4.78 is 2.07. The Balaban J connectivity index is 2.56. The number of hydrogen-bond donors (Lipinski definition) is 1. The van der Waals surface area contributed by atoms with Crippen molar-refractivity contribution < 1.29 is 9.90 Å². The Hall–Kier alpha value is -1.75. The molecule has 1 N–H and O–H groups in total. The number of carboxylic acid groups (broad SMARTS) is 1. The van der Waals surface area contributed by atoms with Gasteiger partial charge in [0.05, 0.1) is 17.6 Å². The molecule has 112 valence electrons. The van der Waals surface area contributed by atoms with Crippen molar-refractivity contribution in [2.75, 3.05) is 5.75 Å². The molecule has 0 aliphatic heterocycles. The predicted molar refractivity (Wildman–Crippen MR) is 85.4 cm³/mol. The van der Waals surface area contributed by atoms with Crippen LogP contribution >= 0.6 is 11.8 Å². The van der Waals surface area contributed by atoms with E-state index in [-0.39, 0.29) is 11.2 Å². The summed E-state index contributed by atoms with van der Waals surface area (Å²) in [4.78, 5) is 15.3. The van der Waals surface area contributed by atoms with E-state index in [1.54, 1.807) is 0 Å². The fourth-order valence-electron chi connectivity index (χ4n) is 2.14. The number of aliphatic carboxylic acids is 1. The summed E-state index contributed by atoms with van der Waals surface area (Å²) in [5, 5.41) is 9.62. The summed E-state index contributed by atoms with van der Waals surface area (Å²) in [7, 11) is 0. The van der Waals surface area contributed by atoms with Crippen LogP contribution in [-0.2, 0) is 10.2 Å². The van der Waals surface area contributed by atoms with Crippen LogP contribution in [0.1, 0.15) is 32.0 Å². The fraction of sp³-hybridized carbons (Fsp3) is 0.375. The fourth-order valence-corrected chi connectivity index (χ4v) is 2.84. The van der Waals surface area contributed by atoms with Gasteiger partial charge in [-0.05, 0) is 18.6 Å². The maximum atomic E-state index is 10.8. The lowest BCUT2D eigenvalue weighted by atomic mass is 9.92. The third-order valence-electron chi connectivity index (χ3n) is 3.18. The molecule has 0 unspecified atom stereocenters. The molecule has 1 heterocycles. The molecule has 0 spiro atoms. The third kappa shape index (κ3) is 3.47. The first-order chi connectivity index (χ1) is 9.80. The Kier molecular flexibility index (Phi) is 4.42. The molecule has 1 aromatic heterocycles. The van der Waals surface area contributed by atoms with Gasteiger partial charge in [0, 0.05) is 11.1 Å². The van der Waals surface area contributed by atoms with Crippen molar-refractivity contribution in [1.29, 1.82) is 0 Å². The number of hydrogen-bond acceptors (Lipinski definition) is 3. The summed E-state index contributed by atoms with van der Waals surface area (Å²) >= 11 is 1.25. The molecule has 0 aliphatic carbocycles. The molecule has 0 radical (unpaired) electrons. The minimum Gasteiger partial charge on any atom is -0.481 e. The Morgan fingerprint density at radius 2 is 2.00 bits per heavy atom. The van der Waals surface area contributed by atoms with Crippen LogP contribution in [0.4, 0.5) is 0 Å². The first kappa shape index (κ1) is 15.6. The molecule has 0 bridgehead atoms. The summed E-state index contributed by atoms with van der Waals surface area (Å²) in [5.41, 5.74) is 3.19. The zero-order valence-corrected chi connectivity index (χ0v) is 13.6. The molecular weight excluding hydrogens is 284 g/mol. The van der Waals surface area contributed by atoms with E-state index in [0.717, 1.165) is 22.1 Å². The number of rotatable bonds is 4. The van der Waals surface area contributed by atoms with Gasteiger partial charge in [0.2, 0.25) is 0 Å². The third-order valence-corrected chi connectivity index (χ3v) is 4.12. The summed E-state index contributed by atoms with van der Waals surface area (Å²) in [6.07, 6.45) is 1.84. The highest BCUT2D eigenvalue weighted by Crippen LogP contribution is 2.31. The van der Waals surface area contributed by atoms with Gasteiger partial charge in [-0.15, -0.1) is 0 Å². The van der Waals surface area contributed by atoms with Crippen LogP contribution in [0.15, 0.2) is 35.6 Å². The van der Waals surface area contributed by atoms with Crippen molar-refractivity contribution in [1.82, 2.24) is 9.55 Å². The summed E-state index contributed by atoms with van der Waals surface area (Å²) in [6.45, 7) is 8.44. The summed E-state index contributed by atoms with van der Waals surface area (Å²) in [6, 6.07) is 8.07. The maximum Gasteiger partial charge on any atom is 0.313 e. The number of carboxylic acids is 1. The maximum absolute atomic E-state index is 10.8. The van der Waals surface area contributed by atoms with Crippen molar-refractivity contribution in [3.8, 4) is 5.69 Å². The van der Waals surface area contributed by atoms with Crippen LogP contribution in [-0.4, -0.2) is 26.4 Å². The van der Waals surface area contributed by atoms with Gasteiger partial charge >= 0.3 is 5.97 Å². The van der Waals surface area contributed by atoms with Crippen molar-refractivity contribution in [3.63, 3.8) is 0 Å². The number of imidazole rings is 1.